The molecule has 1 N–H and O–H groups in total. The van der Waals surface area contributed by atoms with Gasteiger partial charge in [0.25, 0.3) is 5.91 Å². The Morgan fingerprint density at radius 1 is 1.06 bits per heavy atom. The Morgan fingerprint density at radius 3 is 2.52 bits per heavy atom. The van der Waals surface area contributed by atoms with Gasteiger partial charge in [0.15, 0.2) is 4.77 Å². The van der Waals surface area contributed by atoms with Crippen molar-refractivity contribution in [1.29, 1.82) is 0 Å². The average molecular weight is 480 g/mol. The van der Waals surface area contributed by atoms with Crippen LogP contribution in [0.5, 0.6) is 0 Å². The zero-order valence-electron chi connectivity index (χ0n) is 17.8. The van der Waals surface area contributed by atoms with Crippen molar-refractivity contribution in [2.75, 3.05) is 26.2 Å². The van der Waals surface area contributed by atoms with E-state index in [2.05, 4.69) is 27.4 Å². The Morgan fingerprint density at radius 2 is 1.79 bits per heavy atom. The maximum atomic E-state index is 13.3. The lowest BCUT2D eigenvalue weighted by molar-refractivity contribution is 0.0619. The summed E-state index contributed by atoms with van der Waals surface area (Å²) in [5, 5.41) is 3.13. The minimum atomic E-state index is -0.333. The Hall–Kier alpha value is -3.14. The number of benzene rings is 2. The van der Waals surface area contributed by atoms with E-state index in [0.717, 1.165) is 35.9 Å². The van der Waals surface area contributed by atoms with Crippen molar-refractivity contribution < 1.29 is 9.18 Å². The normalized spacial score (nSPS) is 14.5. The van der Waals surface area contributed by atoms with E-state index in [0.29, 0.717) is 29.2 Å². The molecule has 0 unspecified atom stereocenters. The van der Waals surface area contributed by atoms with Gasteiger partial charge < -0.3 is 9.88 Å². The van der Waals surface area contributed by atoms with Crippen molar-refractivity contribution in [2.24, 2.45) is 0 Å². The van der Waals surface area contributed by atoms with Crippen molar-refractivity contribution in [3.8, 4) is 16.3 Å². The lowest BCUT2D eigenvalue weighted by atomic mass is 10.2. The highest BCUT2D eigenvalue weighted by molar-refractivity contribution is 7.71. The van der Waals surface area contributed by atoms with Gasteiger partial charge in [-0.25, -0.2) is 9.37 Å². The van der Waals surface area contributed by atoms with E-state index in [9.17, 15) is 9.18 Å². The van der Waals surface area contributed by atoms with Crippen molar-refractivity contribution in [3.05, 3.63) is 88.2 Å². The Bertz CT molecular complexity index is 1300. The van der Waals surface area contributed by atoms with Gasteiger partial charge in [0.1, 0.15) is 16.5 Å². The number of nitrogens with zero attached hydrogens (tertiary/aromatic N) is 4. The van der Waals surface area contributed by atoms with E-state index in [4.69, 9.17) is 17.2 Å². The summed E-state index contributed by atoms with van der Waals surface area (Å²) < 4.78 is 15.4. The molecule has 1 saturated heterocycles. The predicted octanol–water partition coefficient (Wildman–Crippen LogP) is 4.76. The molecule has 0 spiro atoms. The Labute approximate surface area is 199 Å². The molecule has 168 valence electrons. The van der Waals surface area contributed by atoms with Crippen LogP contribution in [0, 0.1) is 10.6 Å². The fourth-order valence-corrected chi connectivity index (χ4v) is 5.05. The van der Waals surface area contributed by atoms with E-state index < -0.39 is 0 Å². The van der Waals surface area contributed by atoms with Crippen LogP contribution in [-0.4, -0.2) is 56.4 Å². The number of hydrogen-bond acceptors (Lipinski definition) is 5. The molecule has 6 nitrogen and oxygen atoms in total. The number of rotatable bonds is 5. The van der Waals surface area contributed by atoms with Crippen molar-refractivity contribution in [3.63, 3.8) is 0 Å². The van der Waals surface area contributed by atoms with Gasteiger partial charge in [-0.3, -0.25) is 14.3 Å². The largest absolute Gasteiger partial charge is 0.336 e. The van der Waals surface area contributed by atoms with Crippen molar-refractivity contribution >= 4 is 29.5 Å². The molecule has 1 aliphatic heterocycles. The zero-order valence-corrected chi connectivity index (χ0v) is 19.4. The molecule has 0 bridgehead atoms. The Balaban J connectivity index is 1.23. The van der Waals surface area contributed by atoms with Gasteiger partial charge >= 0.3 is 0 Å². The summed E-state index contributed by atoms with van der Waals surface area (Å²) in [7, 11) is 0. The van der Waals surface area contributed by atoms with E-state index in [1.54, 1.807) is 34.2 Å². The molecular weight excluding hydrogens is 457 g/mol. The molecule has 5 rings (SSSR count). The summed E-state index contributed by atoms with van der Waals surface area (Å²) in [6.07, 6.45) is 1.63. The molecule has 1 fully saturated rings. The molecule has 1 amide bonds. The first-order chi connectivity index (χ1) is 16.1. The molecular formula is C24H22FN5OS2. The molecule has 0 radical (unpaired) electrons. The third-order valence-electron chi connectivity index (χ3n) is 5.70. The molecule has 0 atom stereocenters. The van der Waals surface area contributed by atoms with Crippen LogP contribution in [0.25, 0.3) is 16.3 Å². The third kappa shape index (κ3) is 4.66. The summed E-state index contributed by atoms with van der Waals surface area (Å²) in [6, 6.07) is 16.1. The van der Waals surface area contributed by atoms with Crippen molar-refractivity contribution in [2.45, 2.75) is 6.54 Å². The lowest BCUT2D eigenvalue weighted by Crippen LogP contribution is -2.48. The number of amides is 1. The van der Waals surface area contributed by atoms with Crippen LogP contribution in [0.3, 0.4) is 0 Å². The summed E-state index contributed by atoms with van der Waals surface area (Å²) in [4.78, 5) is 25.1. The topological polar surface area (TPSA) is 57.2 Å². The molecule has 3 heterocycles. The second-order valence-electron chi connectivity index (χ2n) is 7.87. The molecule has 9 heteroatoms. The number of aromatic amines is 1. The second kappa shape index (κ2) is 9.38. The van der Waals surface area contributed by atoms with Gasteiger partial charge in [0.2, 0.25) is 0 Å². The summed E-state index contributed by atoms with van der Waals surface area (Å²) >= 11 is 7.02. The smallest absolute Gasteiger partial charge is 0.272 e. The molecule has 1 aliphatic rings. The van der Waals surface area contributed by atoms with E-state index in [1.807, 2.05) is 23.1 Å². The van der Waals surface area contributed by atoms with Gasteiger partial charge in [0, 0.05) is 55.6 Å². The number of hydrogen-bond donors (Lipinski definition) is 1. The number of H-pyrrole nitrogens is 1. The summed E-state index contributed by atoms with van der Waals surface area (Å²) in [5.74, 6) is -0.424. The summed E-state index contributed by atoms with van der Waals surface area (Å²) in [5.41, 5.74) is 3.29. The van der Waals surface area contributed by atoms with Gasteiger partial charge in [0.05, 0.1) is 5.69 Å². The number of thiazole rings is 1. The first kappa shape index (κ1) is 21.7. The number of imidazole rings is 1. The Kier molecular flexibility index (Phi) is 6.17. The van der Waals surface area contributed by atoms with Crippen molar-refractivity contribution in [1.82, 2.24) is 24.3 Å². The third-order valence-corrected chi connectivity index (χ3v) is 6.94. The standard InChI is InChI=1S/C24H22FN5OS2/c25-18-6-8-20(9-7-18)30-21(14-26-24(30)32)23(31)29-12-10-28(11-13-29)15-19-16-33-22(27-19)17-4-2-1-3-5-17/h1-9,14,16H,10-13,15H2,(H,26,32). The number of aromatic nitrogens is 3. The van der Waals surface area contributed by atoms with Gasteiger partial charge in [-0.15, -0.1) is 11.3 Å². The van der Waals surface area contributed by atoms with Gasteiger partial charge in [-0.2, -0.15) is 0 Å². The minimum Gasteiger partial charge on any atom is -0.336 e. The summed E-state index contributed by atoms with van der Waals surface area (Å²) in [6.45, 7) is 3.55. The predicted molar refractivity (Wildman–Crippen MR) is 130 cm³/mol. The molecule has 0 saturated carbocycles. The first-order valence-electron chi connectivity index (χ1n) is 10.7. The number of carbonyl (C=O) groups is 1. The van der Waals surface area contributed by atoms with E-state index >= 15 is 0 Å². The minimum absolute atomic E-state index is 0.0913. The SMILES string of the molecule is O=C(c1c[nH]c(=S)n1-c1ccc(F)cc1)N1CCN(Cc2csc(-c3ccccc3)n2)CC1. The van der Waals surface area contributed by atoms with Crippen LogP contribution in [0.1, 0.15) is 16.2 Å². The highest BCUT2D eigenvalue weighted by atomic mass is 32.1. The van der Waals surface area contributed by atoms with Gasteiger partial charge in [-0.05, 0) is 36.5 Å². The highest BCUT2D eigenvalue weighted by Gasteiger charge is 2.25. The molecule has 4 aromatic rings. The number of piperazine rings is 1. The fraction of sp³-hybridized carbons (Fsp3) is 0.208. The molecule has 2 aromatic carbocycles. The quantitative estimate of drug-likeness (QED) is 0.420. The second-order valence-corrected chi connectivity index (χ2v) is 9.11. The molecule has 33 heavy (non-hydrogen) atoms. The van der Waals surface area contributed by atoms with Crippen LogP contribution in [-0.2, 0) is 6.54 Å². The average Bonchev–Trinajstić information content (AvgIpc) is 3.47. The van der Waals surface area contributed by atoms with E-state index in [-0.39, 0.29) is 11.7 Å². The fourth-order valence-electron chi connectivity index (χ4n) is 3.97. The van der Waals surface area contributed by atoms with Crippen LogP contribution in [0.4, 0.5) is 4.39 Å². The first-order valence-corrected chi connectivity index (χ1v) is 11.9. The lowest BCUT2D eigenvalue weighted by Gasteiger charge is -2.34. The number of carbonyl (C=O) groups excluding carboxylic acids is 1. The van der Waals surface area contributed by atoms with Crippen LogP contribution in [0.2, 0.25) is 0 Å². The zero-order chi connectivity index (χ0) is 22.8. The van der Waals surface area contributed by atoms with Crippen LogP contribution < -0.4 is 0 Å². The maximum absolute atomic E-state index is 13.3. The number of halogens is 1. The maximum Gasteiger partial charge on any atom is 0.272 e. The molecule has 2 aromatic heterocycles. The highest BCUT2D eigenvalue weighted by Crippen LogP contribution is 2.24. The monoisotopic (exact) mass is 479 g/mol. The van der Waals surface area contributed by atoms with Crippen LogP contribution in [0.15, 0.2) is 66.2 Å². The number of nitrogens with one attached hydrogen (secondary N) is 1. The van der Waals surface area contributed by atoms with Crippen LogP contribution >= 0.6 is 23.6 Å². The van der Waals surface area contributed by atoms with E-state index in [1.165, 1.54) is 12.1 Å². The van der Waals surface area contributed by atoms with Gasteiger partial charge in [-0.1, -0.05) is 30.3 Å². The molecule has 0 aliphatic carbocycles.